The van der Waals surface area contributed by atoms with Crippen LogP contribution >= 0.6 is 23.2 Å². The molecule has 164 valence electrons. The molecule has 0 aliphatic heterocycles. The normalized spacial score (nSPS) is 11.5. The van der Waals surface area contributed by atoms with E-state index in [0.717, 1.165) is 23.8 Å². The number of aromatic hydroxyl groups is 1. The first kappa shape index (κ1) is 22.8. The van der Waals surface area contributed by atoms with Gasteiger partial charge in [0.25, 0.3) is 11.5 Å². The molecule has 0 aliphatic carbocycles. The molecule has 0 saturated carbocycles. The minimum Gasteiger partial charge on any atom is -0.502 e. The van der Waals surface area contributed by atoms with Crippen molar-refractivity contribution in [2.45, 2.75) is 19.2 Å². The van der Waals surface area contributed by atoms with Crippen molar-refractivity contribution in [3.05, 3.63) is 67.9 Å². The summed E-state index contributed by atoms with van der Waals surface area (Å²) in [5.74, 6) is -2.33. The number of rotatable bonds is 6. The third-order valence-corrected chi connectivity index (χ3v) is 4.93. The molecule has 2 aromatic carbocycles. The summed E-state index contributed by atoms with van der Waals surface area (Å²) in [4.78, 5) is 26.8. The third kappa shape index (κ3) is 5.62. The summed E-state index contributed by atoms with van der Waals surface area (Å²) < 4.78 is 41.4. The van der Waals surface area contributed by atoms with Crippen molar-refractivity contribution in [3.63, 3.8) is 0 Å². The zero-order valence-corrected chi connectivity index (χ0v) is 17.2. The zero-order chi connectivity index (χ0) is 22.8. The number of hydrogen-bond acceptors (Lipinski definition) is 4. The molecule has 11 heteroatoms. The van der Waals surface area contributed by atoms with E-state index in [1.807, 2.05) is 0 Å². The molecule has 31 heavy (non-hydrogen) atoms. The number of ether oxygens (including phenoxy) is 1. The summed E-state index contributed by atoms with van der Waals surface area (Å²) in [6.45, 7) is 0.157. The molecule has 3 N–H and O–H groups in total. The van der Waals surface area contributed by atoms with Crippen LogP contribution in [0.3, 0.4) is 0 Å². The lowest BCUT2D eigenvalue weighted by Crippen LogP contribution is -2.27. The summed E-state index contributed by atoms with van der Waals surface area (Å²) in [6.07, 6.45) is -3.96. The van der Waals surface area contributed by atoms with E-state index in [9.17, 15) is 27.9 Å². The highest BCUT2D eigenvalue weighted by Crippen LogP contribution is 2.29. The topological polar surface area (TPSA) is 91.4 Å². The fourth-order valence-corrected chi connectivity index (χ4v) is 3.49. The van der Waals surface area contributed by atoms with E-state index >= 15 is 0 Å². The fourth-order valence-electron chi connectivity index (χ4n) is 2.98. The van der Waals surface area contributed by atoms with Crippen LogP contribution in [0.5, 0.6) is 11.5 Å². The van der Waals surface area contributed by atoms with E-state index in [4.69, 9.17) is 23.2 Å². The second-order valence-electron chi connectivity index (χ2n) is 6.53. The number of carbonyl (C=O) groups is 1. The van der Waals surface area contributed by atoms with Crippen LogP contribution in [-0.2, 0) is 6.42 Å². The van der Waals surface area contributed by atoms with E-state index in [-0.39, 0.29) is 17.4 Å². The van der Waals surface area contributed by atoms with Gasteiger partial charge >= 0.3 is 6.36 Å². The lowest BCUT2D eigenvalue weighted by Gasteiger charge is -2.12. The van der Waals surface area contributed by atoms with Gasteiger partial charge in [0.15, 0.2) is 5.75 Å². The van der Waals surface area contributed by atoms with Gasteiger partial charge in [-0.05, 0) is 48.7 Å². The quantitative estimate of drug-likeness (QED) is 0.447. The van der Waals surface area contributed by atoms with Crippen molar-refractivity contribution < 1.29 is 27.8 Å². The Kier molecular flexibility index (Phi) is 6.66. The van der Waals surface area contributed by atoms with Crippen LogP contribution in [0.2, 0.25) is 10.0 Å². The maximum atomic E-state index is 12.6. The Morgan fingerprint density at radius 2 is 1.90 bits per heavy atom. The molecule has 0 radical (unpaired) electrons. The molecular formula is C20H15Cl2F3N2O4. The second-order valence-corrected chi connectivity index (χ2v) is 7.37. The van der Waals surface area contributed by atoms with Gasteiger partial charge in [0.05, 0.1) is 5.56 Å². The van der Waals surface area contributed by atoms with Gasteiger partial charge in [-0.3, -0.25) is 9.59 Å². The Morgan fingerprint density at radius 1 is 1.16 bits per heavy atom. The first-order valence-electron chi connectivity index (χ1n) is 8.92. The molecule has 3 rings (SSSR count). The van der Waals surface area contributed by atoms with Gasteiger partial charge in [0, 0.05) is 27.5 Å². The molecule has 1 heterocycles. The number of aryl methyl sites for hydroxylation is 1. The smallest absolute Gasteiger partial charge is 0.502 e. The molecule has 0 atom stereocenters. The monoisotopic (exact) mass is 474 g/mol. The van der Waals surface area contributed by atoms with E-state index in [1.165, 1.54) is 0 Å². The molecule has 1 aromatic heterocycles. The first-order valence-corrected chi connectivity index (χ1v) is 9.67. The number of aromatic amines is 1. The fraction of sp³-hybridized carbons (Fsp3) is 0.200. The highest BCUT2D eigenvalue weighted by atomic mass is 35.5. The number of nitrogens with one attached hydrogen (secondary N) is 2. The number of halogens is 5. The van der Waals surface area contributed by atoms with E-state index in [0.29, 0.717) is 22.9 Å². The summed E-state index contributed by atoms with van der Waals surface area (Å²) in [7, 11) is 0. The Labute approximate surface area is 183 Å². The average molecular weight is 475 g/mol. The maximum Gasteiger partial charge on any atom is 0.573 e. The number of pyridine rings is 1. The summed E-state index contributed by atoms with van der Waals surface area (Å²) in [5.41, 5.74) is -0.514. The minimum absolute atomic E-state index is 0.0652. The number of H-pyrrole nitrogens is 1. The third-order valence-electron chi connectivity index (χ3n) is 4.34. The molecule has 0 spiro atoms. The van der Waals surface area contributed by atoms with Gasteiger partial charge in [0.1, 0.15) is 5.75 Å². The van der Waals surface area contributed by atoms with Crippen LogP contribution < -0.4 is 15.6 Å². The highest BCUT2D eigenvalue weighted by molar-refractivity contribution is 6.35. The van der Waals surface area contributed by atoms with Crippen LogP contribution in [0.1, 0.15) is 22.3 Å². The Morgan fingerprint density at radius 3 is 2.58 bits per heavy atom. The lowest BCUT2D eigenvalue weighted by molar-refractivity contribution is -0.274. The van der Waals surface area contributed by atoms with Gasteiger partial charge < -0.3 is 20.1 Å². The van der Waals surface area contributed by atoms with Crippen LogP contribution in [0.4, 0.5) is 13.2 Å². The molecular weight excluding hydrogens is 460 g/mol. The molecule has 0 saturated heterocycles. The van der Waals surface area contributed by atoms with Gasteiger partial charge in [-0.25, -0.2) is 0 Å². The van der Waals surface area contributed by atoms with Crippen molar-refractivity contribution in [1.29, 1.82) is 0 Å². The van der Waals surface area contributed by atoms with E-state index < -0.39 is 34.9 Å². The number of fused-ring (bicyclic) bond motifs is 1. The summed E-state index contributed by atoms with van der Waals surface area (Å²) in [5, 5.41) is 13.5. The van der Waals surface area contributed by atoms with Crippen LogP contribution in [-0.4, -0.2) is 28.9 Å². The van der Waals surface area contributed by atoms with Crippen LogP contribution in [0, 0.1) is 0 Å². The van der Waals surface area contributed by atoms with Crippen molar-refractivity contribution in [1.82, 2.24) is 10.3 Å². The van der Waals surface area contributed by atoms with Crippen molar-refractivity contribution in [3.8, 4) is 11.5 Å². The summed E-state index contributed by atoms with van der Waals surface area (Å²) in [6, 6.07) is 8.09. The minimum atomic E-state index is -4.94. The number of benzene rings is 2. The molecule has 0 fully saturated rings. The van der Waals surface area contributed by atoms with Gasteiger partial charge in [-0.2, -0.15) is 0 Å². The predicted molar refractivity (Wildman–Crippen MR) is 110 cm³/mol. The standard InChI is InChI=1S/C20H15Cl2F3N2O4/c21-11-4-3-10(14(22)8-11)2-1-7-26-18(29)16-13-9-12(31-20(23,24)25)5-6-15(13)27-19(30)17(16)28/h3-6,8-9,28H,1-2,7H2,(H,26,29)(H,27,30). The Balaban J connectivity index is 1.79. The van der Waals surface area contributed by atoms with Crippen molar-refractivity contribution >= 4 is 40.0 Å². The van der Waals surface area contributed by atoms with Gasteiger partial charge in [-0.15, -0.1) is 13.2 Å². The zero-order valence-electron chi connectivity index (χ0n) is 15.6. The molecule has 0 bridgehead atoms. The number of aromatic nitrogens is 1. The van der Waals surface area contributed by atoms with Gasteiger partial charge in [-0.1, -0.05) is 29.3 Å². The molecule has 3 aromatic rings. The molecule has 1 amide bonds. The number of amides is 1. The summed E-state index contributed by atoms with van der Waals surface area (Å²) >= 11 is 11.9. The Bertz CT molecular complexity index is 1200. The van der Waals surface area contributed by atoms with Gasteiger partial charge in [0.2, 0.25) is 0 Å². The highest BCUT2D eigenvalue weighted by Gasteiger charge is 2.31. The molecule has 0 unspecified atom stereocenters. The first-order chi connectivity index (χ1) is 14.5. The van der Waals surface area contributed by atoms with Crippen LogP contribution in [0.15, 0.2) is 41.2 Å². The predicted octanol–water partition coefficient (Wildman–Crippen LogP) is 4.80. The largest absolute Gasteiger partial charge is 0.573 e. The lowest BCUT2D eigenvalue weighted by atomic mass is 10.1. The van der Waals surface area contributed by atoms with E-state index in [2.05, 4.69) is 15.0 Å². The average Bonchev–Trinajstić information content (AvgIpc) is 2.66. The number of carbonyl (C=O) groups excluding carboxylic acids is 1. The van der Waals surface area contributed by atoms with Crippen LogP contribution in [0.25, 0.3) is 10.9 Å². The number of alkyl halides is 3. The van der Waals surface area contributed by atoms with Crippen molar-refractivity contribution in [2.24, 2.45) is 0 Å². The van der Waals surface area contributed by atoms with Crippen molar-refractivity contribution in [2.75, 3.05) is 6.54 Å². The second kappa shape index (κ2) is 9.07. The van der Waals surface area contributed by atoms with E-state index in [1.54, 1.807) is 18.2 Å². The number of hydrogen-bond donors (Lipinski definition) is 3. The SMILES string of the molecule is O=C(NCCCc1ccc(Cl)cc1Cl)c1c(O)c(=O)[nH]c2ccc(OC(F)(F)F)cc12. The Hall–Kier alpha value is -2.91. The maximum absolute atomic E-state index is 12.6. The molecule has 6 nitrogen and oxygen atoms in total. The molecule has 0 aliphatic rings.